The molecule has 0 bridgehead atoms. The highest BCUT2D eigenvalue weighted by Crippen LogP contribution is 2.23. The average molecular weight is 239 g/mol. The summed E-state index contributed by atoms with van der Waals surface area (Å²) in [5.74, 6) is 1.60. The minimum absolute atomic E-state index is 0.764. The maximum Gasteiger partial charge on any atom is 0.0235 e. The topological polar surface area (TPSA) is 32.5 Å². The number of hydrogen-bond donors (Lipinski definition) is 1. The fraction of sp³-hybridized carbons (Fsp3) is 1.00. The molecule has 2 saturated heterocycles. The van der Waals surface area contributed by atoms with Crippen LogP contribution in [-0.4, -0.2) is 55.1 Å². The van der Waals surface area contributed by atoms with Gasteiger partial charge in [-0.2, -0.15) is 0 Å². The van der Waals surface area contributed by atoms with Crippen LogP contribution in [-0.2, 0) is 0 Å². The molecule has 2 atom stereocenters. The first-order valence-electron chi connectivity index (χ1n) is 7.35. The lowest BCUT2D eigenvalue weighted by molar-refractivity contribution is 0.222. The van der Waals surface area contributed by atoms with Crippen molar-refractivity contribution >= 4 is 0 Å². The minimum Gasteiger partial charge on any atom is -0.330 e. The fourth-order valence-electron chi connectivity index (χ4n) is 3.14. The summed E-state index contributed by atoms with van der Waals surface area (Å²) in [5, 5.41) is 0. The van der Waals surface area contributed by atoms with Gasteiger partial charge in [0.2, 0.25) is 0 Å². The van der Waals surface area contributed by atoms with Gasteiger partial charge in [0, 0.05) is 19.1 Å². The Bertz CT molecular complexity index is 230. The van der Waals surface area contributed by atoms with Crippen LogP contribution in [0.15, 0.2) is 0 Å². The van der Waals surface area contributed by atoms with E-state index in [9.17, 15) is 0 Å². The summed E-state index contributed by atoms with van der Waals surface area (Å²) in [5.41, 5.74) is 5.77. The Morgan fingerprint density at radius 2 is 2.00 bits per heavy atom. The third-order valence-electron chi connectivity index (χ3n) is 4.44. The molecule has 2 rings (SSSR count). The summed E-state index contributed by atoms with van der Waals surface area (Å²) in [4.78, 5) is 5.34. The third kappa shape index (κ3) is 3.67. The molecule has 100 valence electrons. The highest BCUT2D eigenvalue weighted by molar-refractivity contribution is 4.88. The predicted octanol–water partition coefficient (Wildman–Crippen LogP) is 1.39. The average Bonchev–Trinajstić information content (AvgIpc) is 2.94. The minimum atomic E-state index is 0.764. The number of hydrogen-bond acceptors (Lipinski definition) is 3. The summed E-state index contributed by atoms with van der Waals surface area (Å²) in [6.07, 6.45) is 4.03. The van der Waals surface area contributed by atoms with Gasteiger partial charge >= 0.3 is 0 Å². The van der Waals surface area contributed by atoms with E-state index in [0.29, 0.717) is 0 Å². The molecule has 2 heterocycles. The van der Waals surface area contributed by atoms with Crippen molar-refractivity contribution in [2.45, 2.75) is 39.2 Å². The lowest BCUT2D eigenvalue weighted by atomic mass is 10.1. The maximum atomic E-state index is 5.77. The van der Waals surface area contributed by atoms with Gasteiger partial charge < -0.3 is 10.6 Å². The Labute approximate surface area is 106 Å². The first kappa shape index (κ1) is 13.3. The van der Waals surface area contributed by atoms with Crippen molar-refractivity contribution in [1.82, 2.24) is 9.80 Å². The molecule has 2 N–H and O–H groups in total. The van der Waals surface area contributed by atoms with E-state index >= 15 is 0 Å². The van der Waals surface area contributed by atoms with Crippen LogP contribution in [0.2, 0.25) is 0 Å². The van der Waals surface area contributed by atoms with E-state index in [1.165, 1.54) is 52.0 Å². The number of nitrogens with zero attached hydrogens (tertiary/aromatic N) is 2. The van der Waals surface area contributed by atoms with Gasteiger partial charge in [-0.1, -0.05) is 13.8 Å². The van der Waals surface area contributed by atoms with Crippen LogP contribution in [0.25, 0.3) is 0 Å². The normalized spacial score (nSPS) is 31.8. The van der Waals surface area contributed by atoms with E-state index in [1.54, 1.807) is 0 Å². The van der Waals surface area contributed by atoms with Crippen molar-refractivity contribution in [2.24, 2.45) is 17.6 Å². The second-order valence-electron chi connectivity index (χ2n) is 6.31. The summed E-state index contributed by atoms with van der Waals surface area (Å²) >= 11 is 0. The van der Waals surface area contributed by atoms with Gasteiger partial charge in [0.15, 0.2) is 0 Å². The lowest BCUT2D eigenvalue weighted by Crippen LogP contribution is -2.36. The van der Waals surface area contributed by atoms with Crippen molar-refractivity contribution in [1.29, 1.82) is 0 Å². The zero-order chi connectivity index (χ0) is 12.3. The molecule has 17 heavy (non-hydrogen) atoms. The van der Waals surface area contributed by atoms with Crippen LogP contribution in [0.1, 0.15) is 33.1 Å². The molecule has 3 nitrogen and oxygen atoms in total. The van der Waals surface area contributed by atoms with Gasteiger partial charge in [-0.05, 0) is 57.3 Å². The molecule has 0 aliphatic carbocycles. The van der Waals surface area contributed by atoms with Gasteiger partial charge in [-0.15, -0.1) is 0 Å². The van der Waals surface area contributed by atoms with Crippen molar-refractivity contribution in [3.8, 4) is 0 Å². The molecule has 0 saturated carbocycles. The van der Waals surface area contributed by atoms with E-state index in [1.807, 2.05) is 0 Å². The van der Waals surface area contributed by atoms with Crippen LogP contribution in [0.5, 0.6) is 0 Å². The SMILES string of the molecule is CC(C)CCN1CCC(N2CCC(CN)C2)C1. The Kier molecular flexibility index (Phi) is 4.83. The van der Waals surface area contributed by atoms with E-state index in [2.05, 4.69) is 23.6 Å². The molecule has 0 amide bonds. The molecule has 2 fully saturated rings. The highest BCUT2D eigenvalue weighted by atomic mass is 15.3. The summed E-state index contributed by atoms with van der Waals surface area (Å²) in [6.45, 7) is 11.9. The zero-order valence-electron chi connectivity index (χ0n) is 11.6. The Morgan fingerprint density at radius 1 is 1.18 bits per heavy atom. The first-order valence-corrected chi connectivity index (χ1v) is 7.35. The molecular formula is C14H29N3. The summed E-state index contributed by atoms with van der Waals surface area (Å²) in [6, 6.07) is 0.818. The second-order valence-corrected chi connectivity index (χ2v) is 6.31. The zero-order valence-corrected chi connectivity index (χ0v) is 11.6. The summed E-state index contributed by atoms with van der Waals surface area (Å²) < 4.78 is 0. The largest absolute Gasteiger partial charge is 0.330 e. The standard InChI is InChI=1S/C14H29N3/c1-12(2)3-6-16-7-5-14(11-16)17-8-4-13(9-15)10-17/h12-14H,3-11,15H2,1-2H3. The highest BCUT2D eigenvalue weighted by Gasteiger charge is 2.31. The Morgan fingerprint density at radius 3 is 2.65 bits per heavy atom. The van der Waals surface area contributed by atoms with Gasteiger partial charge in [0.05, 0.1) is 0 Å². The monoisotopic (exact) mass is 239 g/mol. The Balaban J connectivity index is 1.71. The molecule has 2 unspecified atom stereocenters. The second kappa shape index (κ2) is 6.17. The molecular weight excluding hydrogens is 210 g/mol. The first-order chi connectivity index (χ1) is 8.19. The molecule has 0 spiro atoms. The fourth-order valence-corrected chi connectivity index (χ4v) is 3.14. The van der Waals surface area contributed by atoms with Gasteiger partial charge in [-0.25, -0.2) is 0 Å². The van der Waals surface area contributed by atoms with Crippen molar-refractivity contribution in [3.05, 3.63) is 0 Å². The molecule has 0 aromatic carbocycles. The van der Waals surface area contributed by atoms with Crippen LogP contribution in [0, 0.1) is 11.8 Å². The smallest absolute Gasteiger partial charge is 0.0235 e. The van der Waals surface area contributed by atoms with Crippen molar-refractivity contribution in [2.75, 3.05) is 39.3 Å². The third-order valence-corrected chi connectivity index (χ3v) is 4.44. The quantitative estimate of drug-likeness (QED) is 0.787. The number of likely N-dealkylation sites (tertiary alicyclic amines) is 2. The van der Waals surface area contributed by atoms with Crippen LogP contribution in [0.3, 0.4) is 0 Å². The van der Waals surface area contributed by atoms with E-state index in [-0.39, 0.29) is 0 Å². The van der Waals surface area contributed by atoms with E-state index in [4.69, 9.17) is 5.73 Å². The molecule has 2 aliphatic rings. The number of nitrogens with two attached hydrogens (primary N) is 1. The molecule has 2 aliphatic heterocycles. The number of rotatable bonds is 5. The van der Waals surface area contributed by atoms with Gasteiger partial charge in [0.25, 0.3) is 0 Å². The molecule has 0 aromatic rings. The van der Waals surface area contributed by atoms with Crippen LogP contribution in [0.4, 0.5) is 0 Å². The molecule has 3 heteroatoms. The van der Waals surface area contributed by atoms with Crippen molar-refractivity contribution < 1.29 is 0 Å². The van der Waals surface area contributed by atoms with Gasteiger partial charge in [0.1, 0.15) is 0 Å². The maximum absolute atomic E-state index is 5.77. The Hall–Kier alpha value is -0.120. The summed E-state index contributed by atoms with van der Waals surface area (Å²) in [7, 11) is 0. The lowest BCUT2D eigenvalue weighted by Gasteiger charge is -2.24. The van der Waals surface area contributed by atoms with Crippen LogP contribution < -0.4 is 5.73 Å². The van der Waals surface area contributed by atoms with E-state index < -0.39 is 0 Å². The van der Waals surface area contributed by atoms with Crippen molar-refractivity contribution in [3.63, 3.8) is 0 Å². The van der Waals surface area contributed by atoms with E-state index in [0.717, 1.165) is 24.4 Å². The predicted molar refractivity (Wildman–Crippen MR) is 73.0 cm³/mol. The van der Waals surface area contributed by atoms with Gasteiger partial charge in [-0.3, -0.25) is 4.90 Å². The molecule has 0 aromatic heterocycles. The van der Waals surface area contributed by atoms with Crippen LogP contribution >= 0.6 is 0 Å². The molecule has 0 radical (unpaired) electrons.